The van der Waals surface area contributed by atoms with Crippen molar-refractivity contribution in [1.29, 1.82) is 0 Å². The fourth-order valence-electron chi connectivity index (χ4n) is 2.75. The molecule has 1 amide bonds. The van der Waals surface area contributed by atoms with Gasteiger partial charge in [0, 0.05) is 12.6 Å². The number of carbonyl (C=O) groups excluding carboxylic acids is 2. The Morgan fingerprint density at radius 1 is 1.07 bits per heavy atom. The Bertz CT molecular complexity index is 1010. The maximum atomic E-state index is 12.3. The van der Waals surface area contributed by atoms with Crippen LogP contribution >= 0.6 is 11.8 Å². The van der Waals surface area contributed by atoms with Gasteiger partial charge in [-0.05, 0) is 24.6 Å². The highest BCUT2D eigenvalue weighted by atomic mass is 32.2. The Balaban J connectivity index is 1.50. The highest BCUT2D eigenvalue weighted by Gasteiger charge is 2.13. The summed E-state index contributed by atoms with van der Waals surface area (Å²) in [5, 5.41) is 11.8. The lowest BCUT2D eigenvalue weighted by atomic mass is 10.1. The van der Waals surface area contributed by atoms with Crippen molar-refractivity contribution in [2.75, 3.05) is 12.9 Å². The molecule has 0 spiro atoms. The van der Waals surface area contributed by atoms with Crippen LogP contribution in [0.1, 0.15) is 27.3 Å². The summed E-state index contributed by atoms with van der Waals surface area (Å²) in [7, 11) is 3.43. The molecule has 1 aromatic heterocycles. The molecule has 8 heteroatoms. The molecule has 0 aliphatic rings. The van der Waals surface area contributed by atoms with Crippen molar-refractivity contribution in [2.24, 2.45) is 7.05 Å². The van der Waals surface area contributed by atoms with E-state index in [9.17, 15) is 9.59 Å². The third-order valence-corrected chi connectivity index (χ3v) is 5.62. The predicted molar refractivity (Wildman–Crippen MR) is 116 cm³/mol. The minimum atomic E-state index is -0.105. The Kier molecular flexibility index (Phi) is 7.24. The van der Waals surface area contributed by atoms with E-state index in [1.165, 1.54) is 11.8 Å². The second kappa shape index (κ2) is 10.1. The molecule has 1 N–H and O–H groups in total. The van der Waals surface area contributed by atoms with E-state index in [1.54, 1.807) is 11.7 Å². The molecule has 2 aromatic carbocycles. The average molecular weight is 425 g/mol. The monoisotopic (exact) mass is 424 g/mol. The quantitative estimate of drug-likeness (QED) is 0.420. The van der Waals surface area contributed by atoms with Gasteiger partial charge in [0.05, 0.1) is 25.8 Å². The third kappa shape index (κ3) is 5.70. The molecular formula is C22H24N4O3S. The van der Waals surface area contributed by atoms with Gasteiger partial charge < -0.3 is 14.6 Å². The van der Waals surface area contributed by atoms with Gasteiger partial charge in [0.1, 0.15) is 5.75 Å². The topological polar surface area (TPSA) is 86.1 Å². The van der Waals surface area contributed by atoms with Crippen LogP contribution < -0.4 is 10.1 Å². The summed E-state index contributed by atoms with van der Waals surface area (Å²) in [5.74, 6) is 1.59. The van der Waals surface area contributed by atoms with Crippen molar-refractivity contribution in [2.45, 2.75) is 25.0 Å². The summed E-state index contributed by atoms with van der Waals surface area (Å²) in [4.78, 5) is 24.5. The second-order valence-electron chi connectivity index (χ2n) is 6.84. The number of methoxy groups -OCH3 is 1. The summed E-state index contributed by atoms with van der Waals surface area (Å²) < 4.78 is 6.91. The smallest absolute Gasteiger partial charge is 0.224 e. The number of carbonyl (C=O) groups is 2. The molecule has 0 saturated heterocycles. The zero-order valence-corrected chi connectivity index (χ0v) is 18.0. The van der Waals surface area contributed by atoms with Crippen molar-refractivity contribution in [3.8, 4) is 5.75 Å². The van der Waals surface area contributed by atoms with Crippen LogP contribution in [-0.4, -0.2) is 39.3 Å². The first-order valence-corrected chi connectivity index (χ1v) is 10.5. The Hall–Kier alpha value is -3.13. The standard InChI is InChI=1S/C22H24N4O3S/c1-15-4-8-17(9-5-15)19(27)14-30-22-25-24-20(26(22)2)13-23-21(28)12-16-6-10-18(29-3)11-7-16/h4-11H,12-14H2,1-3H3,(H,23,28). The van der Waals surface area contributed by atoms with Crippen molar-refractivity contribution in [3.63, 3.8) is 0 Å². The summed E-state index contributed by atoms with van der Waals surface area (Å²) in [6.07, 6.45) is 0.272. The molecule has 7 nitrogen and oxygen atoms in total. The van der Waals surface area contributed by atoms with Crippen LogP contribution in [0.2, 0.25) is 0 Å². The highest BCUT2D eigenvalue weighted by Crippen LogP contribution is 2.18. The molecule has 156 valence electrons. The number of ether oxygens (including phenoxy) is 1. The lowest BCUT2D eigenvalue weighted by Crippen LogP contribution is -2.26. The molecule has 0 bridgehead atoms. The van der Waals surface area contributed by atoms with E-state index < -0.39 is 0 Å². The van der Waals surface area contributed by atoms with E-state index in [4.69, 9.17) is 4.74 Å². The summed E-state index contributed by atoms with van der Waals surface area (Å²) in [6, 6.07) is 14.9. The minimum Gasteiger partial charge on any atom is -0.497 e. The first-order valence-electron chi connectivity index (χ1n) is 9.47. The van der Waals surface area contributed by atoms with Gasteiger partial charge in [-0.15, -0.1) is 10.2 Å². The summed E-state index contributed by atoms with van der Waals surface area (Å²) >= 11 is 1.33. The van der Waals surface area contributed by atoms with Gasteiger partial charge in [-0.3, -0.25) is 9.59 Å². The lowest BCUT2D eigenvalue weighted by Gasteiger charge is -2.07. The van der Waals surface area contributed by atoms with Gasteiger partial charge in [0.25, 0.3) is 0 Å². The third-order valence-electron chi connectivity index (χ3n) is 4.60. The van der Waals surface area contributed by atoms with Gasteiger partial charge in [0.15, 0.2) is 16.8 Å². The van der Waals surface area contributed by atoms with E-state index in [2.05, 4.69) is 15.5 Å². The maximum Gasteiger partial charge on any atom is 0.224 e. The van der Waals surface area contributed by atoms with Gasteiger partial charge in [0.2, 0.25) is 5.91 Å². The number of hydrogen-bond donors (Lipinski definition) is 1. The zero-order valence-electron chi connectivity index (χ0n) is 17.2. The number of Topliss-reactive ketones (excluding diaryl/α,β-unsaturated/α-hetero) is 1. The van der Waals surface area contributed by atoms with E-state index >= 15 is 0 Å². The number of thioether (sulfide) groups is 1. The van der Waals surface area contributed by atoms with Gasteiger partial charge in [-0.1, -0.05) is 53.7 Å². The van der Waals surface area contributed by atoms with Crippen molar-refractivity contribution in [3.05, 3.63) is 71.0 Å². The van der Waals surface area contributed by atoms with Crippen LogP contribution in [0.15, 0.2) is 53.7 Å². The molecule has 3 rings (SSSR count). The largest absolute Gasteiger partial charge is 0.497 e. The van der Waals surface area contributed by atoms with E-state index in [-0.39, 0.29) is 30.4 Å². The number of amides is 1. The second-order valence-corrected chi connectivity index (χ2v) is 7.78. The van der Waals surface area contributed by atoms with Crippen LogP contribution in [-0.2, 0) is 24.8 Å². The molecule has 0 radical (unpaired) electrons. The van der Waals surface area contributed by atoms with E-state index in [0.717, 1.165) is 16.9 Å². The molecule has 0 fully saturated rings. The summed E-state index contributed by atoms with van der Waals surface area (Å²) in [5.41, 5.74) is 2.70. The summed E-state index contributed by atoms with van der Waals surface area (Å²) in [6.45, 7) is 2.25. The molecule has 1 heterocycles. The SMILES string of the molecule is COc1ccc(CC(=O)NCc2nnc(SCC(=O)c3ccc(C)cc3)n2C)cc1. The molecule has 0 unspecified atom stereocenters. The Morgan fingerprint density at radius 2 is 1.77 bits per heavy atom. The van der Waals surface area contributed by atoms with Crippen LogP contribution in [0.3, 0.4) is 0 Å². The van der Waals surface area contributed by atoms with Crippen LogP contribution in [0.25, 0.3) is 0 Å². The number of nitrogens with one attached hydrogen (secondary N) is 1. The first kappa shape index (κ1) is 21.6. The van der Waals surface area contributed by atoms with Crippen molar-refractivity contribution < 1.29 is 14.3 Å². The molecule has 30 heavy (non-hydrogen) atoms. The average Bonchev–Trinajstić information content (AvgIpc) is 3.11. The maximum absolute atomic E-state index is 12.3. The van der Waals surface area contributed by atoms with E-state index in [1.807, 2.05) is 62.5 Å². The normalized spacial score (nSPS) is 10.6. The molecule has 0 atom stereocenters. The molecule has 3 aromatic rings. The number of benzene rings is 2. The fourth-order valence-corrected chi connectivity index (χ4v) is 3.57. The predicted octanol–water partition coefficient (Wildman–Crippen LogP) is 2.97. The number of rotatable bonds is 9. The van der Waals surface area contributed by atoms with Crippen LogP contribution in [0.5, 0.6) is 5.75 Å². The van der Waals surface area contributed by atoms with Gasteiger partial charge in [-0.25, -0.2) is 0 Å². The van der Waals surface area contributed by atoms with Gasteiger partial charge in [-0.2, -0.15) is 0 Å². The van der Waals surface area contributed by atoms with Crippen LogP contribution in [0.4, 0.5) is 0 Å². The van der Waals surface area contributed by atoms with Crippen molar-refractivity contribution >= 4 is 23.5 Å². The van der Waals surface area contributed by atoms with Crippen molar-refractivity contribution in [1.82, 2.24) is 20.1 Å². The Labute approximate surface area is 179 Å². The molecule has 0 saturated carbocycles. The van der Waals surface area contributed by atoms with E-state index in [0.29, 0.717) is 16.5 Å². The molecular weight excluding hydrogens is 400 g/mol. The molecule has 0 aliphatic heterocycles. The number of aryl methyl sites for hydroxylation is 1. The molecule has 0 aliphatic carbocycles. The first-order chi connectivity index (χ1) is 14.5. The number of nitrogens with zero attached hydrogens (tertiary/aromatic N) is 3. The zero-order chi connectivity index (χ0) is 21.5. The highest BCUT2D eigenvalue weighted by molar-refractivity contribution is 7.99. The minimum absolute atomic E-state index is 0.0392. The number of hydrogen-bond acceptors (Lipinski definition) is 6. The fraction of sp³-hybridized carbons (Fsp3) is 0.273. The number of aromatic nitrogens is 3. The lowest BCUT2D eigenvalue weighted by molar-refractivity contribution is -0.120. The number of ketones is 1. The van der Waals surface area contributed by atoms with Gasteiger partial charge >= 0.3 is 0 Å². The van der Waals surface area contributed by atoms with Crippen LogP contribution in [0, 0.1) is 6.92 Å². The Morgan fingerprint density at radius 3 is 2.43 bits per heavy atom.